The molecule has 0 saturated heterocycles. The summed E-state index contributed by atoms with van der Waals surface area (Å²) in [7, 11) is 0. The van der Waals surface area contributed by atoms with Crippen LogP contribution in [0.4, 0.5) is 0 Å². The van der Waals surface area contributed by atoms with Crippen LogP contribution in [-0.2, 0) is 13.0 Å². The van der Waals surface area contributed by atoms with E-state index >= 15 is 0 Å². The van der Waals surface area contributed by atoms with Gasteiger partial charge in [0.2, 0.25) is 0 Å². The molecule has 5 aromatic rings. The fraction of sp³-hybridized carbons (Fsp3) is 0.136. The number of thiophene rings is 1. The van der Waals surface area contributed by atoms with Gasteiger partial charge in [-0.05, 0) is 30.2 Å². The van der Waals surface area contributed by atoms with Crippen molar-refractivity contribution >= 4 is 33.1 Å². The van der Waals surface area contributed by atoms with Crippen LogP contribution < -0.4 is 10.9 Å². The number of rotatable bonds is 5. The zero-order chi connectivity index (χ0) is 21.4. The Labute approximate surface area is 180 Å². The van der Waals surface area contributed by atoms with E-state index in [-0.39, 0.29) is 18.0 Å². The molecule has 0 unspecified atom stereocenters. The molecule has 0 aliphatic carbocycles. The Morgan fingerprint density at radius 3 is 2.77 bits per heavy atom. The van der Waals surface area contributed by atoms with Crippen LogP contribution in [0.5, 0.6) is 0 Å². The lowest BCUT2D eigenvalue weighted by molar-refractivity contribution is 0.0953. The molecule has 0 bridgehead atoms. The Morgan fingerprint density at radius 1 is 1.13 bits per heavy atom. The second-order valence-electron chi connectivity index (χ2n) is 7.14. The Balaban J connectivity index is 1.41. The van der Waals surface area contributed by atoms with Gasteiger partial charge in [0.25, 0.3) is 11.5 Å². The highest BCUT2D eigenvalue weighted by atomic mass is 32.1. The minimum absolute atomic E-state index is 0.223. The number of hydrogen-bond donors (Lipinski definition) is 2. The normalized spacial score (nSPS) is 11.3. The van der Waals surface area contributed by atoms with Crippen molar-refractivity contribution in [1.82, 2.24) is 29.9 Å². The zero-order valence-electron chi connectivity index (χ0n) is 16.6. The number of nitrogens with one attached hydrogen (secondary N) is 2. The number of fused-ring (bicyclic) bond motifs is 2. The molecular weight excluding hydrogens is 412 g/mol. The summed E-state index contributed by atoms with van der Waals surface area (Å²) in [5.41, 5.74) is 2.17. The minimum atomic E-state index is -0.266. The van der Waals surface area contributed by atoms with Gasteiger partial charge in [-0.1, -0.05) is 36.4 Å². The van der Waals surface area contributed by atoms with E-state index in [9.17, 15) is 9.59 Å². The summed E-state index contributed by atoms with van der Waals surface area (Å²) >= 11 is 1.23. The van der Waals surface area contributed by atoms with E-state index in [1.807, 2.05) is 59.1 Å². The third-order valence-corrected chi connectivity index (χ3v) is 6.25. The fourth-order valence-corrected chi connectivity index (χ4v) is 4.65. The molecule has 0 saturated carbocycles. The molecule has 154 valence electrons. The van der Waals surface area contributed by atoms with Gasteiger partial charge in [0.1, 0.15) is 10.7 Å². The molecule has 0 aliphatic rings. The van der Waals surface area contributed by atoms with Crippen LogP contribution in [0.3, 0.4) is 0 Å². The molecule has 8 nitrogen and oxygen atoms in total. The van der Waals surface area contributed by atoms with Crippen LogP contribution in [0, 0.1) is 6.92 Å². The van der Waals surface area contributed by atoms with Crippen LogP contribution in [0.1, 0.15) is 32.4 Å². The summed E-state index contributed by atoms with van der Waals surface area (Å²) in [4.78, 5) is 34.0. The number of carbonyl (C=O) groups is 1. The molecule has 4 heterocycles. The Kier molecular flexibility index (Phi) is 4.79. The van der Waals surface area contributed by atoms with Crippen molar-refractivity contribution in [2.24, 2.45) is 0 Å². The monoisotopic (exact) mass is 430 g/mol. The summed E-state index contributed by atoms with van der Waals surface area (Å²) in [5.74, 6) is 0.938. The Hall–Kier alpha value is -3.85. The third-order valence-electron chi connectivity index (χ3n) is 5.06. The van der Waals surface area contributed by atoms with E-state index in [1.165, 1.54) is 11.3 Å². The van der Waals surface area contributed by atoms with Gasteiger partial charge in [-0.15, -0.1) is 21.5 Å². The van der Waals surface area contributed by atoms with E-state index in [1.54, 1.807) is 6.92 Å². The SMILES string of the molecule is Cc1c(C(=O)NCc2nnc3ccccn23)sc2nc(Cc3ccccc3)[nH]c(=O)c12. The second-order valence-corrected chi connectivity index (χ2v) is 8.14. The van der Waals surface area contributed by atoms with Gasteiger partial charge in [-0.3, -0.25) is 14.0 Å². The average molecular weight is 430 g/mol. The van der Waals surface area contributed by atoms with Crippen LogP contribution in [0.2, 0.25) is 0 Å². The Bertz CT molecular complexity index is 1470. The van der Waals surface area contributed by atoms with Gasteiger partial charge < -0.3 is 10.3 Å². The van der Waals surface area contributed by atoms with Crippen molar-refractivity contribution in [3.63, 3.8) is 0 Å². The third kappa shape index (κ3) is 3.59. The zero-order valence-corrected chi connectivity index (χ0v) is 17.4. The molecule has 0 aliphatic heterocycles. The lowest BCUT2D eigenvalue weighted by Crippen LogP contribution is -2.23. The van der Waals surface area contributed by atoms with Gasteiger partial charge in [0.15, 0.2) is 11.5 Å². The molecule has 0 atom stereocenters. The van der Waals surface area contributed by atoms with Gasteiger partial charge in [0, 0.05) is 12.6 Å². The molecule has 2 N–H and O–H groups in total. The van der Waals surface area contributed by atoms with E-state index in [0.29, 0.717) is 44.4 Å². The number of benzene rings is 1. The number of aryl methyl sites for hydroxylation is 1. The van der Waals surface area contributed by atoms with Crippen molar-refractivity contribution < 1.29 is 4.79 Å². The van der Waals surface area contributed by atoms with Gasteiger partial charge in [-0.25, -0.2) is 4.98 Å². The maximum absolute atomic E-state index is 12.9. The topological polar surface area (TPSA) is 105 Å². The maximum Gasteiger partial charge on any atom is 0.262 e. The van der Waals surface area contributed by atoms with Crippen molar-refractivity contribution in [2.75, 3.05) is 0 Å². The van der Waals surface area contributed by atoms with Gasteiger partial charge >= 0.3 is 0 Å². The average Bonchev–Trinajstić information content (AvgIpc) is 3.34. The first-order valence-electron chi connectivity index (χ1n) is 9.73. The number of H-pyrrole nitrogens is 1. The van der Waals surface area contributed by atoms with Crippen molar-refractivity contribution in [1.29, 1.82) is 0 Å². The standard InChI is InChI=1S/C22H18N6O2S/c1-13-18-20(29)24-15(11-14-7-3-2-4-8-14)25-22(18)31-19(13)21(30)23-12-17-27-26-16-9-5-6-10-28(16)17/h2-10H,11-12H2,1H3,(H,23,30)(H,24,25,29). The smallest absolute Gasteiger partial charge is 0.262 e. The Morgan fingerprint density at radius 2 is 1.94 bits per heavy atom. The first kappa shape index (κ1) is 19.1. The highest BCUT2D eigenvalue weighted by Gasteiger charge is 2.20. The molecule has 1 aromatic carbocycles. The molecule has 0 spiro atoms. The molecule has 5 rings (SSSR count). The van der Waals surface area contributed by atoms with Crippen LogP contribution in [-0.4, -0.2) is 30.5 Å². The number of nitrogens with zero attached hydrogens (tertiary/aromatic N) is 4. The van der Waals surface area contributed by atoms with Crippen LogP contribution in [0.15, 0.2) is 59.5 Å². The summed E-state index contributed by atoms with van der Waals surface area (Å²) in [6.07, 6.45) is 2.36. The van der Waals surface area contributed by atoms with Crippen LogP contribution in [0.25, 0.3) is 15.9 Å². The highest BCUT2D eigenvalue weighted by molar-refractivity contribution is 7.20. The molecule has 9 heteroatoms. The molecule has 0 fully saturated rings. The lowest BCUT2D eigenvalue weighted by atomic mass is 10.1. The second kappa shape index (κ2) is 7.77. The number of amides is 1. The number of aromatic nitrogens is 5. The quantitative estimate of drug-likeness (QED) is 0.446. The molecular formula is C22H18N6O2S. The summed E-state index contributed by atoms with van der Waals surface area (Å²) in [6.45, 7) is 1.99. The highest BCUT2D eigenvalue weighted by Crippen LogP contribution is 2.27. The number of carbonyl (C=O) groups excluding carboxylic acids is 1. The van der Waals surface area contributed by atoms with Gasteiger partial charge in [0.05, 0.1) is 16.8 Å². The molecule has 31 heavy (non-hydrogen) atoms. The molecule has 4 aromatic heterocycles. The first-order chi connectivity index (χ1) is 15.1. The molecule has 0 radical (unpaired) electrons. The summed E-state index contributed by atoms with van der Waals surface area (Å²) in [5, 5.41) is 11.5. The lowest BCUT2D eigenvalue weighted by Gasteiger charge is -2.03. The minimum Gasteiger partial charge on any atom is -0.344 e. The summed E-state index contributed by atoms with van der Waals surface area (Å²) < 4.78 is 1.82. The predicted octanol–water partition coefficient (Wildman–Crippen LogP) is 2.86. The number of pyridine rings is 1. The van der Waals surface area contributed by atoms with E-state index in [4.69, 9.17) is 0 Å². The molecule has 1 amide bonds. The van der Waals surface area contributed by atoms with Gasteiger partial charge in [-0.2, -0.15) is 0 Å². The first-order valence-corrected chi connectivity index (χ1v) is 10.5. The largest absolute Gasteiger partial charge is 0.344 e. The predicted molar refractivity (Wildman–Crippen MR) is 118 cm³/mol. The number of hydrogen-bond acceptors (Lipinski definition) is 6. The van der Waals surface area contributed by atoms with Crippen LogP contribution >= 0.6 is 11.3 Å². The fourth-order valence-electron chi connectivity index (χ4n) is 3.53. The van der Waals surface area contributed by atoms with E-state index in [2.05, 4.69) is 25.5 Å². The van der Waals surface area contributed by atoms with E-state index in [0.717, 1.165) is 5.56 Å². The van der Waals surface area contributed by atoms with E-state index < -0.39 is 0 Å². The van der Waals surface area contributed by atoms with Crippen molar-refractivity contribution in [3.8, 4) is 0 Å². The summed E-state index contributed by atoms with van der Waals surface area (Å²) in [6, 6.07) is 15.4. The van der Waals surface area contributed by atoms with Crippen molar-refractivity contribution in [2.45, 2.75) is 19.9 Å². The number of aromatic amines is 1. The van der Waals surface area contributed by atoms with Crippen molar-refractivity contribution in [3.05, 3.63) is 92.7 Å². The maximum atomic E-state index is 12.9.